The summed E-state index contributed by atoms with van der Waals surface area (Å²) < 4.78 is 9.02. The first-order valence-electron chi connectivity index (χ1n) is 20.5. The molecule has 58 heavy (non-hydrogen) atoms. The summed E-state index contributed by atoms with van der Waals surface area (Å²) >= 11 is 0. The van der Waals surface area contributed by atoms with E-state index in [4.69, 9.17) is 9.72 Å². The average Bonchev–Trinajstić information content (AvgIpc) is 3.71. The Morgan fingerprint density at radius 1 is 0.672 bits per heavy atom. The Labute approximate surface area is 362 Å². The topological polar surface area (TPSA) is 33.5 Å². The number of anilines is 2. The van der Waals surface area contributed by atoms with Crippen molar-refractivity contribution in [2.24, 2.45) is 11.3 Å². The third kappa shape index (κ3) is 8.96. The van der Waals surface area contributed by atoms with Gasteiger partial charge in [-0.15, -0.1) is 53.6 Å². The van der Waals surface area contributed by atoms with E-state index in [9.17, 15) is 0 Å². The van der Waals surface area contributed by atoms with Crippen molar-refractivity contribution in [1.82, 2.24) is 9.55 Å². The molecule has 1 aliphatic heterocycles. The van der Waals surface area contributed by atoms with Crippen LogP contribution in [-0.2, 0) is 43.7 Å². The molecule has 0 atom stereocenters. The van der Waals surface area contributed by atoms with Crippen LogP contribution in [0.2, 0.25) is 0 Å². The number of nitrogens with zero attached hydrogens (tertiary/aromatic N) is 4. The van der Waals surface area contributed by atoms with Crippen LogP contribution in [0.3, 0.4) is 0 Å². The fraction of sp³-hybridized carbons (Fsp3) is 0.385. The Morgan fingerprint density at radius 3 is 2.00 bits per heavy atom. The predicted molar refractivity (Wildman–Crippen MR) is 241 cm³/mol. The van der Waals surface area contributed by atoms with Gasteiger partial charge in [0.1, 0.15) is 5.82 Å². The zero-order chi connectivity index (χ0) is 41.2. The van der Waals surface area contributed by atoms with Crippen molar-refractivity contribution >= 4 is 33.2 Å². The summed E-state index contributed by atoms with van der Waals surface area (Å²) in [6.45, 7) is 34.0. The molecule has 6 heteroatoms. The van der Waals surface area contributed by atoms with Gasteiger partial charge in [-0.25, -0.2) is 4.98 Å². The van der Waals surface area contributed by atoms with Gasteiger partial charge in [0, 0.05) is 61.1 Å². The molecule has 0 radical (unpaired) electrons. The molecule has 7 rings (SSSR count). The molecular weight excluding hydrogens is 892 g/mol. The van der Waals surface area contributed by atoms with Crippen molar-refractivity contribution in [3.63, 3.8) is 0 Å². The number of benzene rings is 4. The van der Waals surface area contributed by atoms with Crippen molar-refractivity contribution in [1.29, 1.82) is 0 Å². The zero-order valence-corrected chi connectivity index (χ0v) is 39.3. The number of rotatable bonds is 7. The van der Waals surface area contributed by atoms with Crippen LogP contribution in [0.25, 0.3) is 27.6 Å². The molecule has 3 heterocycles. The van der Waals surface area contributed by atoms with E-state index in [2.05, 4.69) is 209 Å². The van der Waals surface area contributed by atoms with Crippen LogP contribution < -0.4 is 14.5 Å². The fourth-order valence-electron chi connectivity index (χ4n) is 7.59. The van der Waals surface area contributed by atoms with E-state index in [-0.39, 0.29) is 42.7 Å². The molecule has 6 aromatic rings. The average molecular weight is 953 g/mol. The van der Waals surface area contributed by atoms with Gasteiger partial charge < -0.3 is 19.1 Å². The van der Waals surface area contributed by atoms with Gasteiger partial charge in [0.25, 0.3) is 0 Å². The molecule has 5 nitrogen and oxygen atoms in total. The van der Waals surface area contributed by atoms with E-state index < -0.39 is 0 Å². The number of hydrogen-bond acceptors (Lipinski definition) is 4. The molecule has 0 spiro atoms. The largest absolute Gasteiger partial charge is 0.509 e. The Hall–Kier alpha value is -4.34. The first kappa shape index (κ1) is 43.2. The third-order valence-corrected chi connectivity index (χ3v) is 10.9. The minimum atomic E-state index is -0.148. The Balaban J connectivity index is 0.00000567. The van der Waals surface area contributed by atoms with Crippen LogP contribution in [-0.4, -0.2) is 9.55 Å². The molecule has 0 unspecified atom stereocenters. The molecule has 308 valence electrons. The molecule has 0 fully saturated rings. The van der Waals surface area contributed by atoms with Gasteiger partial charge in [-0.3, -0.25) is 0 Å². The SMILES string of the molecule is CC(C)Cc1cc(N2C=C(C(C)(C)C)N(c3[c-]c(Oc4[c-]c5c(cc4)c4ccccc4n5-c4cc(C(C)(C)C)ccn4)cc(C(C)(C)C)c3)[CH-]2)cc(C(C)(C)C)c1.[Pt]. The summed E-state index contributed by atoms with van der Waals surface area (Å²) in [6, 6.07) is 35.8. The molecule has 2 aromatic heterocycles. The van der Waals surface area contributed by atoms with Crippen LogP contribution in [0.15, 0.2) is 97.0 Å². The maximum Gasteiger partial charge on any atom is 0.135 e. The van der Waals surface area contributed by atoms with Crippen LogP contribution in [0.1, 0.15) is 119 Å². The van der Waals surface area contributed by atoms with E-state index in [0.717, 1.165) is 39.7 Å². The minimum absolute atomic E-state index is 0. The monoisotopic (exact) mass is 952 g/mol. The van der Waals surface area contributed by atoms with Gasteiger partial charge in [0.05, 0.1) is 0 Å². The standard InChI is InChI=1S/C52H61N4O.Pt/c1-34(2)23-35-24-37(50(6,7)8)26-39(25-35)54-32-47(52(12,13)14)55(33-54)40-27-38(51(9,10)11)28-42(30-40)57-41-19-20-44-43-17-15-16-18-45(43)56(46(44)31-41)48-29-36(21-22-53-48)49(3,4)5;/h15-22,24-29,32-34H,23H2,1-14H3;/q-3;. The Morgan fingerprint density at radius 2 is 1.34 bits per heavy atom. The second kappa shape index (κ2) is 15.7. The molecule has 0 bridgehead atoms. The molecule has 0 amide bonds. The van der Waals surface area contributed by atoms with Crippen LogP contribution in [0, 0.1) is 30.1 Å². The first-order valence-corrected chi connectivity index (χ1v) is 20.5. The van der Waals surface area contributed by atoms with Gasteiger partial charge in [0.2, 0.25) is 0 Å². The summed E-state index contributed by atoms with van der Waals surface area (Å²) in [5.74, 6) is 2.71. The molecule has 0 saturated carbocycles. The second-order valence-electron chi connectivity index (χ2n) is 20.5. The summed E-state index contributed by atoms with van der Waals surface area (Å²) in [4.78, 5) is 9.46. The second-order valence-corrected chi connectivity index (χ2v) is 20.5. The summed E-state index contributed by atoms with van der Waals surface area (Å²) in [6.07, 6.45) is 5.24. The van der Waals surface area contributed by atoms with Crippen LogP contribution in [0.4, 0.5) is 11.4 Å². The summed E-state index contributed by atoms with van der Waals surface area (Å²) in [5.41, 5.74) is 10.1. The third-order valence-electron chi connectivity index (χ3n) is 10.9. The van der Waals surface area contributed by atoms with Gasteiger partial charge in [0.15, 0.2) is 0 Å². The molecule has 0 aliphatic carbocycles. The van der Waals surface area contributed by atoms with Gasteiger partial charge in [-0.1, -0.05) is 127 Å². The molecular formula is C52H61N4OPt-3. The molecule has 0 N–H and O–H groups in total. The normalized spacial score (nSPS) is 14.1. The number of hydrogen-bond donors (Lipinski definition) is 0. The minimum Gasteiger partial charge on any atom is -0.509 e. The van der Waals surface area contributed by atoms with E-state index >= 15 is 0 Å². The Kier molecular flexibility index (Phi) is 11.7. The van der Waals surface area contributed by atoms with Crippen molar-refractivity contribution in [3.8, 4) is 17.3 Å². The first-order chi connectivity index (χ1) is 26.6. The van der Waals surface area contributed by atoms with Crippen LogP contribution in [0.5, 0.6) is 11.5 Å². The van der Waals surface area contributed by atoms with E-state index in [1.165, 1.54) is 33.6 Å². The quantitative estimate of drug-likeness (QED) is 0.149. The molecule has 4 aromatic carbocycles. The van der Waals surface area contributed by atoms with Gasteiger partial charge >= 0.3 is 0 Å². The van der Waals surface area contributed by atoms with E-state index in [1.54, 1.807) is 0 Å². The van der Waals surface area contributed by atoms with Gasteiger partial charge in [-0.2, -0.15) is 6.07 Å². The maximum atomic E-state index is 6.81. The maximum absolute atomic E-state index is 6.81. The smallest absolute Gasteiger partial charge is 0.135 e. The number of pyridine rings is 1. The fourth-order valence-corrected chi connectivity index (χ4v) is 7.59. The molecule has 1 aliphatic rings. The number of ether oxygens (including phenoxy) is 1. The molecule has 0 saturated heterocycles. The number of para-hydroxylation sites is 1. The predicted octanol–water partition coefficient (Wildman–Crippen LogP) is 14.0. The number of aromatic nitrogens is 2. The van der Waals surface area contributed by atoms with Gasteiger partial charge in [-0.05, 0) is 87.2 Å². The summed E-state index contributed by atoms with van der Waals surface area (Å²) in [5, 5.41) is 2.26. The van der Waals surface area contributed by atoms with E-state index in [1.807, 2.05) is 12.3 Å². The summed E-state index contributed by atoms with van der Waals surface area (Å²) in [7, 11) is 0. The van der Waals surface area contributed by atoms with Crippen LogP contribution >= 0.6 is 0 Å². The van der Waals surface area contributed by atoms with Crippen molar-refractivity contribution in [2.45, 2.75) is 120 Å². The van der Waals surface area contributed by atoms with Crippen molar-refractivity contribution < 1.29 is 25.8 Å². The zero-order valence-electron chi connectivity index (χ0n) is 37.0. The number of allylic oxidation sites excluding steroid dienone is 1. The van der Waals surface area contributed by atoms with Crippen molar-refractivity contribution in [2.75, 3.05) is 9.80 Å². The van der Waals surface area contributed by atoms with E-state index in [0.29, 0.717) is 17.4 Å². The van der Waals surface area contributed by atoms with Crippen molar-refractivity contribution in [3.05, 3.63) is 138 Å². The Bertz CT molecular complexity index is 2480. The number of fused-ring (bicyclic) bond motifs is 3.